The Morgan fingerprint density at radius 2 is 1.95 bits per heavy atom. The first-order valence-electron chi connectivity index (χ1n) is 6.65. The van der Waals surface area contributed by atoms with Gasteiger partial charge in [0, 0.05) is 6.54 Å². The number of benzene rings is 1. The van der Waals surface area contributed by atoms with E-state index in [4.69, 9.17) is 11.0 Å². The summed E-state index contributed by atoms with van der Waals surface area (Å²) in [6.45, 7) is 0.541. The smallest absolute Gasteiger partial charge is 0.243 e. The Kier molecular flexibility index (Phi) is 4.18. The fourth-order valence-electron chi connectivity index (χ4n) is 2.62. The van der Waals surface area contributed by atoms with Crippen molar-refractivity contribution >= 4 is 5.91 Å². The highest BCUT2D eigenvalue weighted by molar-refractivity contribution is 5.86. The second-order valence-corrected chi connectivity index (χ2v) is 5.17. The molecule has 1 saturated carbocycles. The van der Waals surface area contributed by atoms with Crippen LogP contribution in [0.2, 0.25) is 0 Å². The van der Waals surface area contributed by atoms with Gasteiger partial charge in [-0.3, -0.25) is 4.79 Å². The lowest BCUT2D eigenvalue weighted by molar-refractivity contribution is -0.136. The molecular formula is C15H19N3O. The molecule has 0 bridgehead atoms. The maximum atomic E-state index is 12.5. The van der Waals surface area contributed by atoms with Gasteiger partial charge in [-0.1, -0.05) is 43.2 Å². The molecule has 1 aromatic carbocycles. The Bertz CT molecular complexity index is 472. The molecule has 4 heteroatoms. The first kappa shape index (κ1) is 13.6. The van der Waals surface area contributed by atoms with Crippen LogP contribution in [-0.2, 0) is 11.3 Å². The molecule has 0 aliphatic heterocycles. The van der Waals surface area contributed by atoms with Crippen LogP contribution in [0.15, 0.2) is 30.3 Å². The van der Waals surface area contributed by atoms with Crippen LogP contribution in [0.5, 0.6) is 0 Å². The van der Waals surface area contributed by atoms with E-state index in [1.54, 1.807) is 4.90 Å². The van der Waals surface area contributed by atoms with Gasteiger partial charge in [0.1, 0.15) is 6.54 Å². The van der Waals surface area contributed by atoms with E-state index in [0.717, 1.165) is 31.2 Å². The molecule has 100 valence electrons. The summed E-state index contributed by atoms with van der Waals surface area (Å²) in [7, 11) is 0. The molecule has 0 heterocycles. The van der Waals surface area contributed by atoms with E-state index < -0.39 is 5.54 Å². The van der Waals surface area contributed by atoms with E-state index in [-0.39, 0.29) is 12.5 Å². The van der Waals surface area contributed by atoms with Crippen molar-refractivity contribution in [3.63, 3.8) is 0 Å². The highest BCUT2D eigenvalue weighted by Crippen LogP contribution is 2.29. The summed E-state index contributed by atoms with van der Waals surface area (Å²) in [6, 6.07) is 11.8. The molecule has 0 saturated heterocycles. The predicted molar refractivity (Wildman–Crippen MR) is 72.9 cm³/mol. The van der Waals surface area contributed by atoms with Gasteiger partial charge in [0.05, 0.1) is 11.6 Å². The molecule has 0 atom stereocenters. The number of hydrogen-bond donors (Lipinski definition) is 1. The highest BCUT2D eigenvalue weighted by Gasteiger charge is 2.39. The number of nitrogens with zero attached hydrogens (tertiary/aromatic N) is 2. The quantitative estimate of drug-likeness (QED) is 0.836. The average molecular weight is 257 g/mol. The van der Waals surface area contributed by atoms with Gasteiger partial charge >= 0.3 is 0 Å². The molecule has 1 aliphatic rings. The van der Waals surface area contributed by atoms with Crippen LogP contribution in [0, 0.1) is 11.3 Å². The van der Waals surface area contributed by atoms with Crippen LogP contribution in [0.25, 0.3) is 0 Å². The van der Waals surface area contributed by atoms with Crippen LogP contribution in [0.4, 0.5) is 0 Å². The van der Waals surface area contributed by atoms with Crippen LogP contribution in [0.3, 0.4) is 0 Å². The molecule has 0 radical (unpaired) electrons. The van der Waals surface area contributed by atoms with Gasteiger partial charge in [0.25, 0.3) is 0 Å². The van der Waals surface area contributed by atoms with Gasteiger partial charge in [0.15, 0.2) is 0 Å². The van der Waals surface area contributed by atoms with Crippen molar-refractivity contribution in [2.45, 2.75) is 37.8 Å². The van der Waals surface area contributed by atoms with Crippen LogP contribution < -0.4 is 5.73 Å². The number of amides is 1. The Hall–Kier alpha value is -1.86. The Morgan fingerprint density at radius 1 is 1.32 bits per heavy atom. The van der Waals surface area contributed by atoms with E-state index in [0.29, 0.717) is 6.54 Å². The number of nitriles is 1. The molecule has 1 aromatic rings. The summed E-state index contributed by atoms with van der Waals surface area (Å²) in [6.07, 6.45) is 3.44. The second kappa shape index (κ2) is 5.85. The van der Waals surface area contributed by atoms with Crippen molar-refractivity contribution in [1.29, 1.82) is 5.26 Å². The molecule has 1 fully saturated rings. The minimum atomic E-state index is -0.758. The van der Waals surface area contributed by atoms with Crippen molar-refractivity contribution in [2.24, 2.45) is 5.73 Å². The standard InChI is InChI=1S/C15H19N3O/c16-10-11-18(12-13-6-2-1-3-7-13)14(19)15(17)8-4-5-9-15/h1-3,6-7H,4-5,8-9,11-12,17H2. The lowest BCUT2D eigenvalue weighted by atomic mass is 9.97. The normalized spacial score (nSPS) is 16.8. The van der Waals surface area contributed by atoms with Gasteiger partial charge in [-0.05, 0) is 18.4 Å². The van der Waals surface area contributed by atoms with Crippen LogP contribution in [-0.4, -0.2) is 22.9 Å². The minimum Gasteiger partial charge on any atom is -0.323 e. The number of carbonyl (C=O) groups excluding carboxylic acids is 1. The molecular weight excluding hydrogens is 238 g/mol. The molecule has 0 aromatic heterocycles. The fourth-order valence-corrected chi connectivity index (χ4v) is 2.62. The fraction of sp³-hybridized carbons (Fsp3) is 0.467. The van der Waals surface area contributed by atoms with Crippen molar-refractivity contribution < 1.29 is 4.79 Å². The van der Waals surface area contributed by atoms with Crippen LogP contribution >= 0.6 is 0 Å². The first-order valence-corrected chi connectivity index (χ1v) is 6.65. The lowest BCUT2D eigenvalue weighted by Gasteiger charge is -2.30. The monoisotopic (exact) mass is 257 g/mol. The largest absolute Gasteiger partial charge is 0.323 e. The summed E-state index contributed by atoms with van der Waals surface area (Å²) in [5.41, 5.74) is 6.45. The van der Waals surface area contributed by atoms with Crippen molar-refractivity contribution in [1.82, 2.24) is 4.90 Å². The molecule has 4 nitrogen and oxygen atoms in total. The highest BCUT2D eigenvalue weighted by atomic mass is 16.2. The van der Waals surface area contributed by atoms with Crippen LogP contribution in [0.1, 0.15) is 31.2 Å². The molecule has 2 N–H and O–H groups in total. The van der Waals surface area contributed by atoms with E-state index in [2.05, 4.69) is 6.07 Å². The average Bonchev–Trinajstić information content (AvgIpc) is 2.87. The van der Waals surface area contributed by atoms with E-state index in [9.17, 15) is 4.79 Å². The number of carbonyl (C=O) groups is 1. The maximum absolute atomic E-state index is 12.5. The topological polar surface area (TPSA) is 70.1 Å². The molecule has 0 spiro atoms. The maximum Gasteiger partial charge on any atom is 0.243 e. The zero-order chi connectivity index (χ0) is 13.7. The zero-order valence-electron chi connectivity index (χ0n) is 11.0. The summed E-state index contributed by atoms with van der Waals surface area (Å²) in [5, 5.41) is 8.91. The zero-order valence-corrected chi connectivity index (χ0v) is 11.0. The molecule has 1 aliphatic carbocycles. The third-order valence-electron chi connectivity index (χ3n) is 3.69. The van der Waals surface area contributed by atoms with E-state index >= 15 is 0 Å². The molecule has 19 heavy (non-hydrogen) atoms. The van der Waals surface area contributed by atoms with E-state index in [1.807, 2.05) is 30.3 Å². The van der Waals surface area contributed by atoms with Gasteiger partial charge in [-0.15, -0.1) is 0 Å². The predicted octanol–water partition coefficient (Wildman–Crippen LogP) is 1.81. The summed E-state index contributed by atoms with van der Waals surface area (Å²) >= 11 is 0. The van der Waals surface area contributed by atoms with Crippen molar-refractivity contribution in [2.75, 3.05) is 6.54 Å². The second-order valence-electron chi connectivity index (χ2n) is 5.17. The third-order valence-corrected chi connectivity index (χ3v) is 3.69. The molecule has 1 amide bonds. The van der Waals surface area contributed by atoms with Crippen molar-refractivity contribution in [3.05, 3.63) is 35.9 Å². The third kappa shape index (κ3) is 3.12. The molecule has 2 rings (SSSR count). The number of rotatable bonds is 4. The van der Waals surface area contributed by atoms with Gasteiger partial charge in [-0.25, -0.2) is 0 Å². The number of hydrogen-bond acceptors (Lipinski definition) is 3. The lowest BCUT2D eigenvalue weighted by Crippen LogP contribution is -2.53. The summed E-state index contributed by atoms with van der Waals surface area (Å²) in [5.74, 6) is -0.0876. The number of nitrogens with two attached hydrogens (primary N) is 1. The Balaban J connectivity index is 2.12. The van der Waals surface area contributed by atoms with E-state index in [1.165, 1.54) is 0 Å². The summed E-state index contributed by atoms with van der Waals surface area (Å²) in [4.78, 5) is 14.1. The van der Waals surface area contributed by atoms with Crippen molar-refractivity contribution in [3.8, 4) is 6.07 Å². The Labute approximate surface area is 113 Å². The molecule has 0 unspecified atom stereocenters. The van der Waals surface area contributed by atoms with Gasteiger partial charge < -0.3 is 10.6 Å². The SMILES string of the molecule is N#CCN(Cc1ccccc1)C(=O)C1(N)CCCC1. The minimum absolute atomic E-state index is 0.0876. The van der Waals surface area contributed by atoms with Gasteiger partial charge in [-0.2, -0.15) is 5.26 Å². The summed E-state index contributed by atoms with van der Waals surface area (Å²) < 4.78 is 0. The Morgan fingerprint density at radius 3 is 2.53 bits per heavy atom. The van der Waals surface area contributed by atoms with Gasteiger partial charge in [0.2, 0.25) is 5.91 Å². The first-order chi connectivity index (χ1) is 9.15.